The SMILES string of the molecule is O=C(Cc1ccc(Cc2c[nH]c3ncccc23)cn1)c1ccc(Cl)c(Cl)c1. The van der Waals surface area contributed by atoms with Gasteiger partial charge in [0.2, 0.25) is 0 Å². The van der Waals surface area contributed by atoms with Crippen molar-refractivity contribution in [2.75, 3.05) is 0 Å². The average Bonchev–Trinajstić information content (AvgIpc) is 3.08. The summed E-state index contributed by atoms with van der Waals surface area (Å²) in [5.74, 6) is -0.0449. The molecule has 3 heterocycles. The maximum absolute atomic E-state index is 12.4. The first-order valence-corrected chi connectivity index (χ1v) is 9.19. The molecule has 0 aliphatic heterocycles. The lowest BCUT2D eigenvalue weighted by molar-refractivity contribution is 0.0992. The molecule has 0 unspecified atom stereocenters. The summed E-state index contributed by atoms with van der Waals surface area (Å²) < 4.78 is 0. The smallest absolute Gasteiger partial charge is 0.168 e. The summed E-state index contributed by atoms with van der Waals surface area (Å²) in [6, 6.07) is 12.8. The van der Waals surface area contributed by atoms with Gasteiger partial charge in [-0.1, -0.05) is 29.3 Å². The number of nitrogens with zero attached hydrogens (tertiary/aromatic N) is 2. The van der Waals surface area contributed by atoms with Crippen molar-refractivity contribution >= 4 is 40.0 Å². The number of benzene rings is 1. The molecule has 0 bridgehead atoms. The number of aromatic nitrogens is 3. The van der Waals surface area contributed by atoms with E-state index in [4.69, 9.17) is 23.2 Å². The van der Waals surface area contributed by atoms with E-state index in [-0.39, 0.29) is 12.2 Å². The van der Waals surface area contributed by atoms with Crippen LogP contribution in [0.3, 0.4) is 0 Å². The number of rotatable bonds is 5. The molecular weight excluding hydrogens is 381 g/mol. The first-order valence-electron chi connectivity index (χ1n) is 8.43. The molecule has 134 valence electrons. The maximum Gasteiger partial charge on any atom is 0.168 e. The maximum atomic E-state index is 12.4. The highest BCUT2D eigenvalue weighted by Crippen LogP contribution is 2.23. The third-order valence-corrected chi connectivity index (χ3v) is 5.14. The van der Waals surface area contributed by atoms with Crippen molar-refractivity contribution < 1.29 is 4.79 Å². The second-order valence-corrected chi connectivity index (χ2v) is 7.09. The third-order valence-electron chi connectivity index (χ3n) is 4.40. The zero-order valence-electron chi connectivity index (χ0n) is 14.2. The molecule has 27 heavy (non-hydrogen) atoms. The van der Waals surface area contributed by atoms with Crippen LogP contribution in [0.15, 0.2) is 61.1 Å². The van der Waals surface area contributed by atoms with E-state index in [1.54, 1.807) is 24.4 Å². The van der Waals surface area contributed by atoms with Gasteiger partial charge in [0.1, 0.15) is 5.65 Å². The number of hydrogen-bond acceptors (Lipinski definition) is 3. The number of hydrogen-bond donors (Lipinski definition) is 1. The predicted molar refractivity (Wildman–Crippen MR) is 108 cm³/mol. The Morgan fingerprint density at radius 1 is 1.04 bits per heavy atom. The van der Waals surface area contributed by atoms with Gasteiger partial charge < -0.3 is 4.98 Å². The highest BCUT2D eigenvalue weighted by atomic mass is 35.5. The molecule has 1 N–H and O–H groups in total. The van der Waals surface area contributed by atoms with E-state index in [2.05, 4.69) is 15.0 Å². The van der Waals surface area contributed by atoms with E-state index in [0.29, 0.717) is 15.6 Å². The molecular formula is C21H15Cl2N3O. The Balaban J connectivity index is 1.47. The fourth-order valence-corrected chi connectivity index (χ4v) is 3.28. The van der Waals surface area contributed by atoms with Crippen molar-refractivity contribution in [3.8, 4) is 0 Å². The number of ketones is 1. The molecule has 0 atom stereocenters. The first-order chi connectivity index (χ1) is 13.1. The summed E-state index contributed by atoms with van der Waals surface area (Å²) in [4.78, 5) is 24.3. The molecule has 4 nitrogen and oxygen atoms in total. The van der Waals surface area contributed by atoms with Gasteiger partial charge in [0.05, 0.1) is 16.5 Å². The van der Waals surface area contributed by atoms with E-state index in [1.807, 2.05) is 36.7 Å². The normalized spacial score (nSPS) is 11.0. The Bertz CT molecular complexity index is 1120. The van der Waals surface area contributed by atoms with Gasteiger partial charge in [0.25, 0.3) is 0 Å². The lowest BCUT2D eigenvalue weighted by Gasteiger charge is -2.05. The van der Waals surface area contributed by atoms with Crippen molar-refractivity contribution in [1.82, 2.24) is 15.0 Å². The fourth-order valence-electron chi connectivity index (χ4n) is 2.98. The molecule has 0 aliphatic carbocycles. The molecule has 4 rings (SSSR count). The summed E-state index contributed by atoms with van der Waals surface area (Å²) in [6.07, 6.45) is 6.52. The van der Waals surface area contributed by atoms with Gasteiger partial charge in [0, 0.05) is 41.7 Å². The summed E-state index contributed by atoms with van der Waals surface area (Å²) in [5, 5.41) is 1.92. The topological polar surface area (TPSA) is 58.6 Å². The van der Waals surface area contributed by atoms with Crippen LogP contribution in [0.4, 0.5) is 0 Å². The van der Waals surface area contributed by atoms with Crippen LogP contribution >= 0.6 is 23.2 Å². The van der Waals surface area contributed by atoms with Crippen LogP contribution in [0.25, 0.3) is 11.0 Å². The second-order valence-electron chi connectivity index (χ2n) is 6.28. The van der Waals surface area contributed by atoms with Crippen LogP contribution in [0.2, 0.25) is 10.0 Å². The van der Waals surface area contributed by atoms with Crippen LogP contribution in [0.5, 0.6) is 0 Å². The van der Waals surface area contributed by atoms with Crippen molar-refractivity contribution in [2.24, 2.45) is 0 Å². The number of fused-ring (bicyclic) bond motifs is 1. The van der Waals surface area contributed by atoms with E-state index in [1.165, 1.54) is 5.56 Å². The minimum Gasteiger partial charge on any atom is -0.346 e. The van der Waals surface area contributed by atoms with Crippen molar-refractivity contribution in [3.63, 3.8) is 0 Å². The van der Waals surface area contributed by atoms with Gasteiger partial charge in [-0.15, -0.1) is 0 Å². The molecule has 6 heteroatoms. The number of halogens is 2. The highest BCUT2D eigenvalue weighted by molar-refractivity contribution is 6.42. The molecule has 0 radical (unpaired) electrons. The Kier molecular flexibility index (Phi) is 4.92. The molecule has 4 aromatic rings. The fraction of sp³-hybridized carbons (Fsp3) is 0.0952. The van der Waals surface area contributed by atoms with E-state index in [0.717, 1.165) is 28.7 Å². The van der Waals surface area contributed by atoms with Crippen molar-refractivity contribution in [2.45, 2.75) is 12.8 Å². The van der Waals surface area contributed by atoms with Crippen LogP contribution < -0.4 is 0 Å². The van der Waals surface area contributed by atoms with Crippen molar-refractivity contribution in [1.29, 1.82) is 0 Å². The van der Waals surface area contributed by atoms with Gasteiger partial charge >= 0.3 is 0 Å². The number of aromatic amines is 1. The van der Waals surface area contributed by atoms with Crippen molar-refractivity contribution in [3.05, 3.63) is 93.5 Å². The molecule has 0 spiro atoms. The summed E-state index contributed by atoms with van der Waals surface area (Å²) in [5.41, 5.74) is 4.37. The molecule has 0 saturated heterocycles. The average molecular weight is 396 g/mol. The van der Waals surface area contributed by atoms with E-state index < -0.39 is 0 Å². The van der Waals surface area contributed by atoms with E-state index in [9.17, 15) is 4.79 Å². The summed E-state index contributed by atoms with van der Waals surface area (Å²) in [7, 11) is 0. The molecule has 1 aromatic carbocycles. The Labute approximate surface area is 166 Å². The van der Waals surface area contributed by atoms with Crippen LogP contribution in [0, 0.1) is 0 Å². The Hall–Kier alpha value is -2.69. The zero-order chi connectivity index (χ0) is 18.8. The van der Waals surface area contributed by atoms with Gasteiger partial charge in [-0.2, -0.15) is 0 Å². The minimum atomic E-state index is -0.0449. The van der Waals surface area contributed by atoms with Gasteiger partial charge in [-0.05, 0) is 47.5 Å². The predicted octanol–water partition coefficient (Wildman–Crippen LogP) is 5.28. The first kappa shape index (κ1) is 17.7. The number of pyridine rings is 2. The minimum absolute atomic E-state index is 0.0449. The Morgan fingerprint density at radius 2 is 1.93 bits per heavy atom. The molecule has 0 aliphatic rings. The summed E-state index contributed by atoms with van der Waals surface area (Å²) in [6.45, 7) is 0. The molecule has 0 saturated carbocycles. The second kappa shape index (κ2) is 7.51. The van der Waals surface area contributed by atoms with Gasteiger partial charge in [-0.25, -0.2) is 4.98 Å². The number of Topliss-reactive ketones (excluding diaryl/α,β-unsaturated/α-hetero) is 1. The monoisotopic (exact) mass is 395 g/mol. The molecule has 3 aromatic heterocycles. The van der Waals surface area contributed by atoms with Gasteiger partial charge in [0.15, 0.2) is 5.78 Å². The third kappa shape index (κ3) is 3.87. The van der Waals surface area contributed by atoms with Crippen LogP contribution in [-0.2, 0) is 12.8 Å². The Morgan fingerprint density at radius 3 is 2.70 bits per heavy atom. The summed E-state index contributed by atoms with van der Waals surface area (Å²) >= 11 is 11.9. The standard InChI is InChI=1S/C21H15Cl2N3O/c22-18-6-4-14(9-19(18)23)20(27)10-16-5-3-13(11-25-16)8-15-12-26-21-17(15)2-1-7-24-21/h1-7,9,11-12H,8,10H2,(H,24,26). The number of nitrogens with one attached hydrogen (secondary N) is 1. The number of carbonyl (C=O) groups is 1. The lowest BCUT2D eigenvalue weighted by Crippen LogP contribution is -2.05. The largest absolute Gasteiger partial charge is 0.346 e. The van der Waals surface area contributed by atoms with Gasteiger partial charge in [-0.3, -0.25) is 9.78 Å². The molecule has 0 amide bonds. The molecule has 0 fully saturated rings. The highest BCUT2D eigenvalue weighted by Gasteiger charge is 2.11. The van der Waals surface area contributed by atoms with E-state index >= 15 is 0 Å². The zero-order valence-corrected chi connectivity index (χ0v) is 15.8. The van der Waals surface area contributed by atoms with Crippen LogP contribution in [-0.4, -0.2) is 20.7 Å². The quantitative estimate of drug-likeness (QED) is 0.467. The number of carbonyl (C=O) groups excluding carboxylic acids is 1. The number of H-pyrrole nitrogens is 1. The van der Waals surface area contributed by atoms with Crippen LogP contribution in [0.1, 0.15) is 27.2 Å². The lowest BCUT2D eigenvalue weighted by atomic mass is 10.0.